The van der Waals surface area contributed by atoms with Crippen molar-refractivity contribution in [1.29, 1.82) is 0 Å². The van der Waals surface area contributed by atoms with Crippen LogP contribution in [0.15, 0.2) is 12.2 Å². The molecule has 0 saturated carbocycles. The SMILES string of the molecule is O[C@@H]1C=C[C@H](O)[C@H](Br)[C@H]1Br. The van der Waals surface area contributed by atoms with Gasteiger partial charge in [-0.25, -0.2) is 0 Å². The minimum Gasteiger partial charge on any atom is -0.388 e. The van der Waals surface area contributed by atoms with E-state index in [0.29, 0.717) is 0 Å². The zero-order valence-electron chi connectivity index (χ0n) is 5.11. The van der Waals surface area contributed by atoms with Gasteiger partial charge in [-0.05, 0) is 0 Å². The van der Waals surface area contributed by atoms with Crippen LogP contribution >= 0.6 is 31.9 Å². The summed E-state index contributed by atoms with van der Waals surface area (Å²) in [6, 6.07) is 0. The fourth-order valence-corrected chi connectivity index (χ4v) is 1.79. The molecule has 58 valence electrons. The van der Waals surface area contributed by atoms with Gasteiger partial charge in [-0.3, -0.25) is 0 Å². The van der Waals surface area contributed by atoms with Crippen LogP contribution in [0.4, 0.5) is 0 Å². The molecule has 1 aliphatic carbocycles. The molecule has 0 saturated heterocycles. The topological polar surface area (TPSA) is 40.5 Å². The van der Waals surface area contributed by atoms with E-state index in [-0.39, 0.29) is 9.65 Å². The second-order valence-corrected chi connectivity index (χ2v) is 4.37. The molecule has 0 aromatic rings. The molecule has 0 bridgehead atoms. The minimum absolute atomic E-state index is 0.104. The molecule has 10 heavy (non-hydrogen) atoms. The van der Waals surface area contributed by atoms with Gasteiger partial charge in [-0.2, -0.15) is 0 Å². The Labute approximate surface area is 76.2 Å². The molecule has 0 aromatic carbocycles. The largest absolute Gasteiger partial charge is 0.388 e. The second kappa shape index (κ2) is 3.34. The van der Waals surface area contributed by atoms with Crippen LogP contribution in [0.3, 0.4) is 0 Å². The van der Waals surface area contributed by atoms with E-state index in [1.54, 1.807) is 12.2 Å². The normalized spacial score (nSPS) is 47.6. The first-order valence-corrected chi connectivity index (χ1v) is 4.78. The highest BCUT2D eigenvalue weighted by atomic mass is 79.9. The molecule has 0 fully saturated rings. The Morgan fingerprint density at radius 3 is 1.50 bits per heavy atom. The number of hydrogen-bond acceptors (Lipinski definition) is 2. The average Bonchev–Trinajstić information content (AvgIpc) is 1.93. The molecule has 0 aromatic heterocycles. The highest BCUT2D eigenvalue weighted by Crippen LogP contribution is 2.26. The number of aliphatic hydroxyl groups is 2. The van der Waals surface area contributed by atoms with Gasteiger partial charge >= 0.3 is 0 Å². The Kier molecular flexibility index (Phi) is 2.91. The van der Waals surface area contributed by atoms with Gasteiger partial charge in [0.2, 0.25) is 0 Å². The van der Waals surface area contributed by atoms with Crippen LogP contribution in [0.5, 0.6) is 0 Å². The average molecular weight is 272 g/mol. The smallest absolute Gasteiger partial charge is 0.0858 e. The third-order valence-corrected chi connectivity index (χ3v) is 4.39. The molecule has 0 heterocycles. The van der Waals surface area contributed by atoms with Crippen LogP contribution in [-0.4, -0.2) is 32.1 Å². The first-order chi connectivity index (χ1) is 4.63. The number of alkyl halides is 2. The molecule has 0 radical (unpaired) electrons. The summed E-state index contributed by atoms with van der Waals surface area (Å²) in [6.45, 7) is 0. The molecule has 0 spiro atoms. The van der Waals surface area contributed by atoms with Crippen molar-refractivity contribution in [1.82, 2.24) is 0 Å². The van der Waals surface area contributed by atoms with E-state index in [1.165, 1.54) is 0 Å². The standard InChI is InChI=1S/C6H8Br2O2/c7-5-3(9)1-2-4(10)6(5)8/h1-6,9-10H/t3-,4+,5-,6-/m0/s1. The monoisotopic (exact) mass is 270 g/mol. The zero-order chi connectivity index (χ0) is 7.72. The summed E-state index contributed by atoms with van der Waals surface area (Å²) in [6.07, 6.45) is 2.16. The lowest BCUT2D eigenvalue weighted by atomic mass is 10.0. The van der Waals surface area contributed by atoms with Crippen LogP contribution in [0.1, 0.15) is 0 Å². The minimum atomic E-state index is -0.507. The summed E-state index contributed by atoms with van der Waals surface area (Å²) in [4.78, 5) is -0.208. The Bertz CT molecular complexity index is 133. The lowest BCUT2D eigenvalue weighted by molar-refractivity contribution is 0.161. The fraction of sp³-hybridized carbons (Fsp3) is 0.667. The first-order valence-electron chi connectivity index (χ1n) is 2.95. The maximum absolute atomic E-state index is 9.19. The lowest BCUT2D eigenvalue weighted by Gasteiger charge is -2.26. The van der Waals surface area contributed by atoms with Crippen molar-refractivity contribution >= 4 is 31.9 Å². The Morgan fingerprint density at radius 1 is 0.900 bits per heavy atom. The number of aliphatic hydroxyl groups excluding tert-OH is 2. The van der Waals surface area contributed by atoms with Gasteiger partial charge in [0.1, 0.15) is 0 Å². The predicted molar refractivity (Wildman–Crippen MR) is 46.6 cm³/mol. The molecular formula is C6H8Br2O2. The quantitative estimate of drug-likeness (QED) is 0.506. The molecule has 2 nitrogen and oxygen atoms in total. The summed E-state index contributed by atoms with van der Waals surface area (Å²) in [5.74, 6) is 0. The highest BCUT2D eigenvalue weighted by molar-refractivity contribution is 9.12. The van der Waals surface area contributed by atoms with E-state index in [2.05, 4.69) is 31.9 Å². The molecule has 0 aliphatic heterocycles. The highest BCUT2D eigenvalue weighted by Gasteiger charge is 2.30. The van der Waals surface area contributed by atoms with E-state index < -0.39 is 12.2 Å². The number of rotatable bonds is 0. The number of hydrogen-bond donors (Lipinski definition) is 2. The van der Waals surface area contributed by atoms with Crippen molar-refractivity contribution in [2.24, 2.45) is 0 Å². The van der Waals surface area contributed by atoms with Crippen LogP contribution in [0.25, 0.3) is 0 Å². The molecule has 0 unspecified atom stereocenters. The molecule has 0 amide bonds. The van der Waals surface area contributed by atoms with E-state index >= 15 is 0 Å². The summed E-state index contributed by atoms with van der Waals surface area (Å²) >= 11 is 6.50. The van der Waals surface area contributed by atoms with Crippen molar-refractivity contribution in [3.63, 3.8) is 0 Å². The molecular weight excluding hydrogens is 264 g/mol. The van der Waals surface area contributed by atoms with Crippen molar-refractivity contribution in [3.05, 3.63) is 12.2 Å². The summed E-state index contributed by atoms with van der Waals surface area (Å²) in [5.41, 5.74) is 0. The van der Waals surface area contributed by atoms with Crippen molar-refractivity contribution in [2.45, 2.75) is 21.9 Å². The van der Waals surface area contributed by atoms with Crippen LogP contribution < -0.4 is 0 Å². The van der Waals surface area contributed by atoms with Crippen molar-refractivity contribution in [2.75, 3.05) is 0 Å². The van der Waals surface area contributed by atoms with Gasteiger partial charge < -0.3 is 10.2 Å². The van der Waals surface area contributed by atoms with E-state index in [0.717, 1.165) is 0 Å². The van der Waals surface area contributed by atoms with E-state index in [9.17, 15) is 10.2 Å². The van der Waals surface area contributed by atoms with Crippen LogP contribution in [0, 0.1) is 0 Å². The van der Waals surface area contributed by atoms with Crippen molar-refractivity contribution < 1.29 is 10.2 Å². The number of halogens is 2. The summed E-state index contributed by atoms with van der Waals surface area (Å²) < 4.78 is 0. The van der Waals surface area contributed by atoms with Gasteiger partial charge in [-0.1, -0.05) is 44.0 Å². The fourth-order valence-electron chi connectivity index (χ4n) is 0.817. The molecule has 1 aliphatic rings. The summed E-state index contributed by atoms with van der Waals surface area (Å²) in [7, 11) is 0. The van der Waals surface area contributed by atoms with Gasteiger partial charge in [0.05, 0.1) is 21.9 Å². The van der Waals surface area contributed by atoms with Gasteiger partial charge in [0, 0.05) is 0 Å². The Balaban J connectivity index is 2.69. The van der Waals surface area contributed by atoms with Crippen LogP contribution in [0.2, 0.25) is 0 Å². The molecule has 4 heteroatoms. The third kappa shape index (κ3) is 1.61. The maximum atomic E-state index is 9.19. The predicted octanol–water partition coefficient (Wildman–Crippen LogP) is 0.805. The molecule has 2 N–H and O–H groups in total. The first kappa shape index (κ1) is 8.71. The lowest BCUT2D eigenvalue weighted by Crippen LogP contribution is -2.38. The van der Waals surface area contributed by atoms with Crippen molar-refractivity contribution in [3.8, 4) is 0 Å². The van der Waals surface area contributed by atoms with E-state index in [1.807, 2.05) is 0 Å². The Morgan fingerprint density at radius 2 is 1.20 bits per heavy atom. The zero-order valence-corrected chi connectivity index (χ0v) is 8.29. The third-order valence-electron chi connectivity index (χ3n) is 1.46. The van der Waals surface area contributed by atoms with Crippen LogP contribution in [-0.2, 0) is 0 Å². The van der Waals surface area contributed by atoms with Gasteiger partial charge in [0.15, 0.2) is 0 Å². The molecule has 1 rings (SSSR count). The Hall–Kier alpha value is 0.620. The van der Waals surface area contributed by atoms with Gasteiger partial charge in [-0.15, -0.1) is 0 Å². The maximum Gasteiger partial charge on any atom is 0.0858 e. The molecule has 4 atom stereocenters. The second-order valence-electron chi connectivity index (χ2n) is 2.25. The van der Waals surface area contributed by atoms with Gasteiger partial charge in [0.25, 0.3) is 0 Å². The van der Waals surface area contributed by atoms with E-state index in [4.69, 9.17) is 0 Å². The summed E-state index contributed by atoms with van der Waals surface area (Å²) in [5, 5.41) is 18.4.